The Morgan fingerprint density at radius 1 is 1.13 bits per heavy atom. The highest BCUT2D eigenvalue weighted by Gasteiger charge is 2.17. The van der Waals surface area contributed by atoms with Gasteiger partial charge in [0.15, 0.2) is 0 Å². The summed E-state index contributed by atoms with van der Waals surface area (Å²) in [5, 5.41) is 3.81. The molecule has 1 amide bonds. The Kier molecular flexibility index (Phi) is 6.05. The summed E-state index contributed by atoms with van der Waals surface area (Å²) in [4.78, 5) is 14.4. The van der Waals surface area contributed by atoms with Crippen LogP contribution in [-0.4, -0.2) is 31.4 Å². The van der Waals surface area contributed by atoms with Gasteiger partial charge in [-0.3, -0.25) is 4.79 Å². The second-order valence-corrected chi connectivity index (χ2v) is 6.57. The van der Waals surface area contributed by atoms with E-state index in [-0.39, 0.29) is 11.9 Å². The summed E-state index contributed by atoms with van der Waals surface area (Å²) >= 11 is 11.9. The quantitative estimate of drug-likeness (QED) is 0.869. The van der Waals surface area contributed by atoms with E-state index < -0.39 is 0 Å². The van der Waals surface area contributed by atoms with Crippen LogP contribution in [0.3, 0.4) is 0 Å². The number of carbonyl (C=O) groups is 1. The highest BCUT2D eigenvalue weighted by atomic mass is 35.5. The lowest BCUT2D eigenvalue weighted by Gasteiger charge is -2.25. The highest BCUT2D eigenvalue weighted by Crippen LogP contribution is 2.22. The monoisotopic (exact) mass is 350 g/mol. The number of amides is 1. The molecule has 0 spiro atoms. The van der Waals surface area contributed by atoms with Gasteiger partial charge in [-0.2, -0.15) is 0 Å². The molecule has 0 saturated heterocycles. The van der Waals surface area contributed by atoms with Crippen LogP contribution in [0.2, 0.25) is 10.0 Å². The Morgan fingerprint density at radius 3 is 2.35 bits per heavy atom. The van der Waals surface area contributed by atoms with Crippen LogP contribution in [-0.2, 0) is 0 Å². The maximum atomic E-state index is 12.3. The van der Waals surface area contributed by atoms with Gasteiger partial charge in [-0.15, -0.1) is 0 Å². The zero-order chi connectivity index (χ0) is 17.0. The van der Waals surface area contributed by atoms with E-state index in [0.717, 1.165) is 5.56 Å². The van der Waals surface area contributed by atoms with Crippen LogP contribution in [0.4, 0.5) is 0 Å². The van der Waals surface area contributed by atoms with Gasteiger partial charge < -0.3 is 10.2 Å². The first-order valence-electron chi connectivity index (χ1n) is 7.34. The second-order valence-electron chi connectivity index (χ2n) is 5.72. The van der Waals surface area contributed by atoms with Gasteiger partial charge in [0.1, 0.15) is 0 Å². The number of rotatable bonds is 5. The third-order valence-corrected chi connectivity index (χ3v) is 4.27. The van der Waals surface area contributed by atoms with Crippen molar-refractivity contribution in [1.29, 1.82) is 0 Å². The molecule has 1 unspecified atom stereocenters. The molecule has 0 bridgehead atoms. The molecule has 2 aromatic carbocycles. The second kappa shape index (κ2) is 7.82. The van der Waals surface area contributed by atoms with Crippen LogP contribution in [0, 0.1) is 6.92 Å². The van der Waals surface area contributed by atoms with Crippen molar-refractivity contribution >= 4 is 29.1 Å². The van der Waals surface area contributed by atoms with Crippen molar-refractivity contribution in [2.45, 2.75) is 13.0 Å². The Morgan fingerprint density at radius 2 is 1.78 bits per heavy atom. The van der Waals surface area contributed by atoms with Gasteiger partial charge in [-0.05, 0) is 44.8 Å². The normalized spacial score (nSPS) is 12.3. The van der Waals surface area contributed by atoms with Crippen molar-refractivity contribution in [2.75, 3.05) is 20.6 Å². The SMILES string of the molecule is Cc1ccc(C(CNC(=O)c2ccc(Cl)cc2Cl)N(C)C)cc1. The minimum absolute atomic E-state index is 0.0885. The first kappa shape index (κ1) is 17.8. The van der Waals surface area contributed by atoms with Crippen molar-refractivity contribution in [3.63, 3.8) is 0 Å². The van der Waals surface area contributed by atoms with Gasteiger partial charge in [0.25, 0.3) is 5.91 Å². The predicted octanol–water partition coefficient (Wildman–Crippen LogP) is 4.33. The largest absolute Gasteiger partial charge is 0.350 e. The minimum Gasteiger partial charge on any atom is -0.350 e. The number of nitrogens with one attached hydrogen (secondary N) is 1. The highest BCUT2D eigenvalue weighted by molar-refractivity contribution is 6.36. The average molecular weight is 351 g/mol. The standard InChI is InChI=1S/C18H20Cl2N2O/c1-12-4-6-13(7-5-12)17(22(2)3)11-21-18(23)15-9-8-14(19)10-16(15)20/h4-10,17H,11H2,1-3H3,(H,21,23). The number of hydrogen-bond donors (Lipinski definition) is 1. The molecule has 2 aromatic rings. The maximum Gasteiger partial charge on any atom is 0.252 e. The fourth-order valence-corrected chi connectivity index (χ4v) is 2.84. The number of halogens is 2. The summed E-state index contributed by atoms with van der Waals surface area (Å²) in [5.41, 5.74) is 2.80. The molecule has 2 rings (SSSR count). The summed E-state index contributed by atoms with van der Waals surface area (Å²) in [5.74, 6) is -0.203. The molecule has 122 valence electrons. The molecule has 0 heterocycles. The summed E-state index contributed by atoms with van der Waals surface area (Å²) in [6, 6.07) is 13.3. The number of benzene rings is 2. The summed E-state index contributed by atoms with van der Waals surface area (Å²) in [6.45, 7) is 2.55. The number of carbonyl (C=O) groups excluding carboxylic acids is 1. The van der Waals surface area contributed by atoms with Crippen molar-refractivity contribution < 1.29 is 4.79 Å². The van der Waals surface area contributed by atoms with Gasteiger partial charge in [0.05, 0.1) is 16.6 Å². The van der Waals surface area contributed by atoms with Gasteiger partial charge in [0, 0.05) is 11.6 Å². The van der Waals surface area contributed by atoms with Gasteiger partial charge in [-0.1, -0.05) is 53.0 Å². The fraction of sp³-hybridized carbons (Fsp3) is 0.278. The van der Waals surface area contributed by atoms with E-state index in [1.807, 2.05) is 14.1 Å². The van der Waals surface area contributed by atoms with E-state index in [9.17, 15) is 4.79 Å². The predicted molar refractivity (Wildman–Crippen MR) is 96.4 cm³/mol. The van der Waals surface area contributed by atoms with E-state index in [1.165, 1.54) is 5.56 Å². The molecule has 0 aliphatic rings. The Hall–Kier alpha value is -1.55. The van der Waals surface area contributed by atoms with Crippen molar-refractivity contribution in [2.24, 2.45) is 0 Å². The first-order chi connectivity index (χ1) is 10.9. The van der Waals surface area contributed by atoms with Crippen molar-refractivity contribution in [1.82, 2.24) is 10.2 Å². The Labute approximate surface area is 147 Å². The molecule has 0 radical (unpaired) electrons. The lowest BCUT2D eigenvalue weighted by Crippen LogP contribution is -2.34. The third-order valence-electron chi connectivity index (χ3n) is 3.72. The maximum absolute atomic E-state index is 12.3. The summed E-state index contributed by atoms with van der Waals surface area (Å²) < 4.78 is 0. The smallest absolute Gasteiger partial charge is 0.252 e. The fourth-order valence-electron chi connectivity index (χ4n) is 2.35. The Bertz CT molecular complexity index is 684. The molecule has 3 nitrogen and oxygen atoms in total. The van der Waals surface area contributed by atoms with Gasteiger partial charge in [0.2, 0.25) is 0 Å². The minimum atomic E-state index is -0.203. The van der Waals surface area contributed by atoms with Crippen LogP contribution < -0.4 is 5.32 Å². The number of hydrogen-bond acceptors (Lipinski definition) is 2. The molecule has 5 heteroatoms. The first-order valence-corrected chi connectivity index (χ1v) is 8.10. The van der Waals surface area contributed by atoms with Crippen LogP contribution in [0.1, 0.15) is 27.5 Å². The van der Waals surface area contributed by atoms with Crippen molar-refractivity contribution in [3.8, 4) is 0 Å². The van der Waals surface area contributed by atoms with Crippen LogP contribution in [0.5, 0.6) is 0 Å². The zero-order valence-corrected chi connectivity index (χ0v) is 14.9. The van der Waals surface area contributed by atoms with Crippen LogP contribution in [0.15, 0.2) is 42.5 Å². The van der Waals surface area contributed by atoms with E-state index in [1.54, 1.807) is 18.2 Å². The van der Waals surface area contributed by atoms with E-state index >= 15 is 0 Å². The molecule has 23 heavy (non-hydrogen) atoms. The topological polar surface area (TPSA) is 32.3 Å². The average Bonchev–Trinajstić information content (AvgIpc) is 2.48. The van der Waals surface area contributed by atoms with Gasteiger partial charge >= 0.3 is 0 Å². The molecular weight excluding hydrogens is 331 g/mol. The van der Waals surface area contributed by atoms with E-state index in [2.05, 4.69) is 41.4 Å². The molecule has 0 aromatic heterocycles. The number of likely N-dealkylation sites (N-methyl/N-ethyl adjacent to an activating group) is 1. The van der Waals surface area contributed by atoms with E-state index in [0.29, 0.717) is 22.2 Å². The molecule has 0 fully saturated rings. The molecular formula is C18H20Cl2N2O. The van der Waals surface area contributed by atoms with E-state index in [4.69, 9.17) is 23.2 Å². The zero-order valence-electron chi connectivity index (χ0n) is 13.4. The van der Waals surface area contributed by atoms with Crippen LogP contribution >= 0.6 is 23.2 Å². The number of aryl methyl sites for hydroxylation is 1. The number of nitrogens with zero attached hydrogens (tertiary/aromatic N) is 1. The van der Waals surface area contributed by atoms with Crippen molar-refractivity contribution in [3.05, 3.63) is 69.2 Å². The van der Waals surface area contributed by atoms with Gasteiger partial charge in [-0.25, -0.2) is 0 Å². The lowest BCUT2D eigenvalue weighted by molar-refractivity contribution is 0.0942. The third kappa shape index (κ3) is 4.71. The molecule has 0 saturated carbocycles. The van der Waals surface area contributed by atoms with Crippen LogP contribution in [0.25, 0.3) is 0 Å². The molecule has 1 N–H and O–H groups in total. The molecule has 1 atom stereocenters. The Balaban J connectivity index is 2.09. The summed E-state index contributed by atoms with van der Waals surface area (Å²) in [7, 11) is 3.98. The molecule has 0 aliphatic carbocycles. The molecule has 0 aliphatic heterocycles. The summed E-state index contributed by atoms with van der Waals surface area (Å²) in [6.07, 6.45) is 0. The lowest BCUT2D eigenvalue weighted by atomic mass is 10.0.